The van der Waals surface area contributed by atoms with Crippen LogP contribution in [0.5, 0.6) is 0 Å². The topological polar surface area (TPSA) is 71.0 Å². The van der Waals surface area contributed by atoms with Gasteiger partial charge in [0.2, 0.25) is 5.91 Å². The molecule has 2 aliphatic heterocycles. The molecule has 2 aliphatic rings. The molecule has 1 N–H and O–H groups in total. The Labute approximate surface area is 192 Å². The number of benzene rings is 1. The Bertz CT molecular complexity index is 967. The molecule has 164 valence electrons. The first-order valence-electron chi connectivity index (χ1n) is 10.1. The SMILES string of the molecule is C=CCOC(=O)C1=C(C)N=C2SC=C(CC(=O)NCC(C)C)N2C1c1ccc(Cl)cc1. The Morgan fingerprint density at radius 1 is 1.35 bits per heavy atom. The van der Waals surface area contributed by atoms with Gasteiger partial charge in [0.1, 0.15) is 6.61 Å². The summed E-state index contributed by atoms with van der Waals surface area (Å²) in [5, 5.41) is 6.20. The Balaban J connectivity index is 1.97. The number of esters is 1. The highest BCUT2D eigenvalue weighted by Crippen LogP contribution is 2.44. The van der Waals surface area contributed by atoms with Crippen molar-refractivity contribution in [2.24, 2.45) is 10.9 Å². The number of hydrogen-bond donors (Lipinski definition) is 1. The number of allylic oxidation sites excluding steroid dienone is 1. The van der Waals surface area contributed by atoms with Gasteiger partial charge in [0.25, 0.3) is 0 Å². The lowest BCUT2D eigenvalue weighted by molar-refractivity contribution is -0.138. The number of ether oxygens (including phenoxy) is 1. The third-order valence-electron chi connectivity index (χ3n) is 4.79. The molecule has 1 aromatic carbocycles. The maximum Gasteiger partial charge on any atom is 0.338 e. The van der Waals surface area contributed by atoms with Crippen molar-refractivity contribution in [3.63, 3.8) is 0 Å². The summed E-state index contributed by atoms with van der Waals surface area (Å²) < 4.78 is 5.36. The summed E-state index contributed by atoms with van der Waals surface area (Å²) in [7, 11) is 0. The number of rotatable bonds is 8. The summed E-state index contributed by atoms with van der Waals surface area (Å²) >= 11 is 7.54. The molecule has 0 spiro atoms. The van der Waals surface area contributed by atoms with E-state index in [2.05, 4.69) is 16.9 Å². The van der Waals surface area contributed by atoms with Crippen LogP contribution in [0.15, 0.2) is 64.3 Å². The zero-order chi connectivity index (χ0) is 22.5. The molecule has 1 aromatic rings. The van der Waals surface area contributed by atoms with Crippen LogP contribution in [0, 0.1) is 5.92 Å². The minimum absolute atomic E-state index is 0.0706. The summed E-state index contributed by atoms with van der Waals surface area (Å²) in [6.45, 7) is 10.2. The minimum Gasteiger partial charge on any atom is -0.458 e. The van der Waals surface area contributed by atoms with Crippen molar-refractivity contribution in [1.82, 2.24) is 10.2 Å². The van der Waals surface area contributed by atoms with Gasteiger partial charge in [-0.15, -0.1) is 0 Å². The minimum atomic E-state index is -0.471. The molecule has 2 heterocycles. The molecular weight excluding hydrogens is 434 g/mol. The lowest BCUT2D eigenvalue weighted by Crippen LogP contribution is -2.38. The van der Waals surface area contributed by atoms with Gasteiger partial charge in [-0.3, -0.25) is 4.79 Å². The summed E-state index contributed by atoms with van der Waals surface area (Å²) in [5.74, 6) is -0.166. The van der Waals surface area contributed by atoms with E-state index in [1.54, 1.807) is 19.1 Å². The van der Waals surface area contributed by atoms with Gasteiger partial charge in [-0.05, 0) is 35.9 Å². The Morgan fingerprint density at radius 3 is 2.71 bits per heavy atom. The number of fused-ring (bicyclic) bond motifs is 1. The monoisotopic (exact) mass is 459 g/mol. The maximum atomic E-state index is 13.0. The molecule has 0 radical (unpaired) electrons. The van der Waals surface area contributed by atoms with E-state index in [9.17, 15) is 9.59 Å². The second kappa shape index (κ2) is 10.2. The van der Waals surface area contributed by atoms with Crippen molar-refractivity contribution in [2.75, 3.05) is 13.2 Å². The van der Waals surface area contributed by atoms with Gasteiger partial charge >= 0.3 is 5.97 Å². The number of nitrogens with zero attached hydrogens (tertiary/aromatic N) is 2. The zero-order valence-corrected chi connectivity index (χ0v) is 19.4. The number of aliphatic imine (C=N–C) groups is 1. The number of amides is 1. The molecule has 0 aromatic heterocycles. The number of thioether (sulfide) groups is 1. The normalized spacial score (nSPS) is 17.8. The predicted molar refractivity (Wildman–Crippen MR) is 125 cm³/mol. The molecule has 0 bridgehead atoms. The van der Waals surface area contributed by atoms with Crippen LogP contribution in [0.25, 0.3) is 0 Å². The van der Waals surface area contributed by atoms with Crippen molar-refractivity contribution in [3.05, 3.63) is 69.9 Å². The highest BCUT2D eigenvalue weighted by molar-refractivity contribution is 8.16. The van der Waals surface area contributed by atoms with E-state index < -0.39 is 12.0 Å². The first kappa shape index (κ1) is 23.2. The van der Waals surface area contributed by atoms with Crippen molar-refractivity contribution >= 4 is 40.4 Å². The Morgan fingerprint density at radius 2 is 2.06 bits per heavy atom. The predicted octanol–water partition coefficient (Wildman–Crippen LogP) is 4.81. The average molecular weight is 460 g/mol. The van der Waals surface area contributed by atoms with Crippen LogP contribution in [-0.2, 0) is 14.3 Å². The summed E-state index contributed by atoms with van der Waals surface area (Å²) in [6.07, 6.45) is 1.72. The highest BCUT2D eigenvalue weighted by Gasteiger charge is 2.41. The number of halogens is 1. The van der Waals surface area contributed by atoms with Crippen molar-refractivity contribution in [1.29, 1.82) is 0 Å². The summed E-state index contributed by atoms with van der Waals surface area (Å²) in [5.41, 5.74) is 2.67. The fraction of sp³-hybridized carbons (Fsp3) is 0.348. The molecule has 0 saturated heterocycles. The number of amidine groups is 1. The molecule has 1 unspecified atom stereocenters. The van der Waals surface area contributed by atoms with Crippen molar-refractivity contribution in [3.8, 4) is 0 Å². The van der Waals surface area contributed by atoms with Gasteiger partial charge in [-0.1, -0.05) is 62.0 Å². The standard InChI is InChI=1S/C23H26ClN3O3S/c1-5-10-30-22(29)20-15(4)26-23-27(21(20)16-6-8-17(24)9-7-16)18(13-31-23)11-19(28)25-12-14(2)3/h5-9,13-14,21H,1,10-12H2,2-4H3,(H,25,28). The first-order chi connectivity index (χ1) is 14.8. The average Bonchev–Trinajstić information content (AvgIpc) is 3.12. The molecule has 0 saturated carbocycles. The van der Waals surface area contributed by atoms with Crippen LogP contribution < -0.4 is 5.32 Å². The fourth-order valence-electron chi connectivity index (χ4n) is 3.35. The van der Waals surface area contributed by atoms with Crippen LogP contribution in [0.1, 0.15) is 38.8 Å². The van der Waals surface area contributed by atoms with Crippen LogP contribution >= 0.6 is 23.4 Å². The smallest absolute Gasteiger partial charge is 0.338 e. The van der Waals surface area contributed by atoms with E-state index in [1.165, 1.54) is 17.8 Å². The van der Waals surface area contributed by atoms with Gasteiger partial charge in [0.05, 0.1) is 23.7 Å². The number of hydrogen-bond acceptors (Lipinski definition) is 6. The largest absolute Gasteiger partial charge is 0.458 e. The highest BCUT2D eigenvalue weighted by atomic mass is 35.5. The van der Waals surface area contributed by atoms with E-state index in [0.717, 1.165) is 16.4 Å². The first-order valence-corrected chi connectivity index (χ1v) is 11.3. The van der Waals surface area contributed by atoms with Gasteiger partial charge in [0, 0.05) is 17.3 Å². The van der Waals surface area contributed by atoms with Gasteiger partial charge in [0.15, 0.2) is 5.17 Å². The lowest BCUT2D eigenvalue weighted by atomic mass is 9.94. The lowest BCUT2D eigenvalue weighted by Gasteiger charge is -2.36. The van der Waals surface area contributed by atoms with E-state index in [4.69, 9.17) is 16.3 Å². The van der Waals surface area contributed by atoms with E-state index >= 15 is 0 Å². The number of nitrogens with one attached hydrogen (secondary N) is 1. The van der Waals surface area contributed by atoms with E-state index in [0.29, 0.717) is 28.8 Å². The third-order valence-corrected chi connectivity index (χ3v) is 5.93. The van der Waals surface area contributed by atoms with Crippen molar-refractivity contribution in [2.45, 2.75) is 33.2 Å². The van der Waals surface area contributed by atoms with Gasteiger partial charge in [-0.25, -0.2) is 9.79 Å². The Hall–Kier alpha value is -2.51. The maximum absolute atomic E-state index is 13.0. The summed E-state index contributed by atoms with van der Waals surface area (Å²) in [6, 6.07) is 6.85. The van der Waals surface area contributed by atoms with Crippen LogP contribution in [0.3, 0.4) is 0 Å². The molecular formula is C23H26ClN3O3S. The Kier molecular flexibility index (Phi) is 7.62. The molecule has 0 fully saturated rings. The fourth-order valence-corrected chi connectivity index (χ4v) is 4.44. The molecule has 0 aliphatic carbocycles. The van der Waals surface area contributed by atoms with Gasteiger partial charge < -0.3 is 15.0 Å². The molecule has 1 amide bonds. The second-order valence-corrected chi connectivity index (χ2v) is 8.98. The molecule has 6 nitrogen and oxygen atoms in total. The third kappa shape index (κ3) is 5.40. The molecule has 3 rings (SSSR count). The molecule has 1 atom stereocenters. The number of carbonyl (C=O) groups is 2. The number of carbonyl (C=O) groups excluding carboxylic acids is 2. The van der Waals surface area contributed by atoms with Crippen LogP contribution in [0.4, 0.5) is 0 Å². The zero-order valence-electron chi connectivity index (χ0n) is 17.9. The molecule has 31 heavy (non-hydrogen) atoms. The van der Waals surface area contributed by atoms with Crippen LogP contribution in [0.2, 0.25) is 5.02 Å². The van der Waals surface area contributed by atoms with Crippen molar-refractivity contribution < 1.29 is 14.3 Å². The van der Waals surface area contributed by atoms with Crippen LogP contribution in [-0.4, -0.2) is 35.1 Å². The van der Waals surface area contributed by atoms with E-state index in [1.807, 2.05) is 36.3 Å². The molecule has 8 heteroatoms. The summed E-state index contributed by atoms with van der Waals surface area (Å²) in [4.78, 5) is 32.1. The van der Waals surface area contributed by atoms with Gasteiger partial charge in [-0.2, -0.15) is 0 Å². The van der Waals surface area contributed by atoms with E-state index in [-0.39, 0.29) is 18.9 Å². The quantitative estimate of drug-likeness (QED) is 0.446. The second-order valence-electron chi connectivity index (χ2n) is 7.71.